The van der Waals surface area contributed by atoms with Crippen molar-refractivity contribution in [2.45, 2.75) is 19.8 Å². The van der Waals surface area contributed by atoms with Crippen LogP contribution in [0.4, 0.5) is 0 Å². The van der Waals surface area contributed by atoms with Gasteiger partial charge in [0.05, 0.1) is 10.2 Å². The standard InChI is InChI=1S/C13H18NSi/c1-4-5-10-14(3)11(2)12-8-6-7-9-13(12)15/h6-9H,2,4-5,10H2,1,3H3. The summed E-state index contributed by atoms with van der Waals surface area (Å²) >= 11 is 0. The van der Waals surface area contributed by atoms with Gasteiger partial charge in [-0.1, -0.05) is 49.4 Å². The summed E-state index contributed by atoms with van der Waals surface area (Å²) in [6.45, 7) is 7.40. The molecule has 79 valence electrons. The molecule has 0 saturated heterocycles. The van der Waals surface area contributed by atoms with Crippen LogP contribution in [0.5, 0.6) is 0 Å². The van der Waals surface area contributed by atoms with Crippen LogP contribution in [0.25, 0.3) is 5.70 Å². The van der Waals surface area contributed by atoms with Crippen LogP contribution in [-0.2, 0) is 0 Å². The van der Waals surface area contributed by atoms with E-state index in [0.717, 1.165) is 17.4 Å². The molecule has 3 radical (unpaired) electrons. The molecule has 0 aliphatic carbocycles. The second-order valence-corrected chi connectivity index (χ2v) is 4.31. The fourth-order valence-electron chi connectivity index (χ4n) is 1.47. The number of benzene rings is 1. The minimum absolute atomic E-state index is 1.07. The van der Waals surface area contributed by atoms with E-state index < -0.39 is 0 Å². The van der Waals surface area contributed by atoms with Crippen molar-refractivity contribution in [1.29, 1.82) is 0 Å². The van der Waals surface area contributed by atoms with Gasteiger partial charge < -0.3 is 4.90 Å². The summed E-state index contributed by atoms with van der Waals surface area (Å²) in [4.78, 5) is 2.21. The molecule has 0 atom stereocenters. The monoisotopic (exact) mass is 216 g/mol. The van der Waals surface area contributed by atoms with Gasteiger partial charge in [0.1, 0.15) is 0 Å². The maximum atomic E-state index is 4.13. The topological polar surface area (TPSA) is 3.24 Å². The Kier molecular flexibility index (Phi) is 4.63. The minimum Gasteiger partial charge on any atom is -0.375 e. The van der Waals surface area contributed by atoms with E-state index in [1.165, 1.54) is 18.4 Å². The van der Waals surface area contributed by atoms with Crippen molar-refractivity contribution >= 4 is 21.1 Å². The Morgan fingerprint density at radius 3 is 2.67 bits per heavy atom. The second-order valence-electron chi connectivity index (χ2n) is 3.77. The second kappa shape index (κ2) is 5.76. The third-order valence-corrected chi connectivity index (χ3v) is 2.98. The molecule has 0 saturated carbocycles. The predicted molar refractivity (Wildman–Crippen MR) is 68.4 cm³/mol. The summed E-state index contributed by atoms with van der Waals surface area (Å²) in [5.74, 6) is 0. The molecule has 0 fully saturated rings. The van der Waals surface area contributed by atoms with E-state index in [1.807, 2.05) is 18.2 Å². The van der Waals surface area contributed by atoms with Gasteiger partial charge in [0, 0.05) is 19.3 Å². The van der Waals surface area contributed by atoms with Crippen LogP contribution >= 0.6 is 0 Å². The Hall–Kier alpha value is -1.02. The summed E-state index contributed by atoms with van der Waals surface area (Å²) in [5.41, 5.74) is 2.25. The van der Waals surface area contributed by atoms with Crippen LogP contribution in [0.1, 0.15) is 25.3 Å². The highest BCUT2D eigenvalue weighted by atomic mass is 28.1. The molecule has 0 spiro atoms. The highest BCUT2D eigenvalue weighted by molar-refractivity contribution is 6.34. The van der Waals surface area contributed by atoms with Crippen molar-refractivity contribution in [1.82, 2.24) is 4.90 Å². The molecule has 2 heteroatoms. The number of hydrogen-bond acceptors (Lipinski definition) is 1. The zero-order chi connectivity index (χ0) is 11.3. The van der Waals surface area contributed by atoms with E-state index in [0.29, 0.717) is 0 Å². The van der Waals surface area contributed by atoms with Gasteiger partial charge >= 0.3 is 0 Å². The zero-order valence-corrected chi connectivity index (χ0v) is 10.6. The van der Waals surface area contributed by atoms with Gasteiger partial charge in [-0.15, -0.1) is 0 Å². The molecule has 0 heterocycles. The van der Waals surface area contributed by atoms with Crippen molar-refractivity contribution < 1.29 is 0 Å². The molecule has 1 aromatic rings. The Morgan fingerprint density at radius 1 is 1.40 bits per heavy atom. The molecule has 0 aliphatic heterocycles. The van der Waals surface area contributed by atoms with E-state index in [9.17, 15) is 0 Å². The van der Waals surface area contributed by atoms with Crippen LogP contribution in [-0.4, -0.2) is 28.7 Å². The minimum atomic E-state index is 1.07. The summed E-state index contributed by atoms with van der Waals surface area (Å²) in [6, 6.07) is 8.20. The first-order valence-electron chi connectivity index (χ1n) is 5.38. The molecule has 0 aromatic heterocycles. The van der Waals surface area contributed by atoms with Gasteiger partial charge in [0.25, 0.3) is 0 Å². The largest absolute Gasteiger partial charge is 0.375 e. The molecule has 1 nitrogen and oxygen atoms in total. The van der Waals surface area contributed by atoms with Crippen LogP contribution in [0.3, 0.4) is 0 Å². The molecule has 0 bridgehead atoms. The zero-order valence-electron chi connectivity index (χ0n) is 9.59. The lowest BCUT2D eigenvalue weighted by molar-refractivity contribution is 0.464. The highest BCUT2D eigenvalue weighted by Gasteiger charge is 2.06. The Balaban J connectivity index is 2.72. The van der Waals surface area contributed by atoms with Crippen LogP contribution in [0.15, 0.2) is 30.8 Å². The molecule has 0 amide bonds. The molecule has 0 N–H and O–H groups in total. The molecule has 1 aromatic carbocycles. The normalized spacial score (nSPS) is 10.1. The first kappa shape index (κ1) is 12.0. The molecule has 0 unspecified atom stereocenters. The Morgan fingerprint density at radius 2 is 2.07 bits per heavy atom. The summed E-state index contributed by atoms with van der Waals surface area (Å²) in [5, 5.41) is 1.10. The molecular weight excluding hydrogens is 198 g/mol. The quantitative estimate of drug-likeness (QED) is 0.682. The third kappa shape index (κ3) is 3.24. The number of unbranched alkanes of at least 4 members (excludes halogenated alkanes) is 1. The maximum Gasteiger partial charge on any atom is 0.0721 e. The molecule has 15 heavy (non-hydrogen) atoms. The number of hydrogen-bond donors (Lipinski definition) is 0. The molecule has 1 rings (SSSR count). The SMILES string of the molecule is C=C(c1ccccc1[Si])N(C)CCCC. The smallest absolute Gasteiger partial charge is 0.0721 e. The fourth-order valence-corrected chi connectivity index (χ4v) is 1.79. The van der Waals surface area contributed by atoms with Crippen molar-refractivity contribution in [3.05, 3.63) is 36.4 Å². The Bertz CT molecular complexity index is 333. The highest BCUT2D eigenvalue weighted by Crippen LogP contribution is 2.13. The van der Waals surface area contributed by atoms with Gasteiger partial charge in [0.2, 0.25) is 0 Å². The van der Waals surface area contributed by atoms with Crippen LogP contribution in [0.2, 0.25) is 0 Å². The Labute approximate surface area is 96.2 Å². The lowest BCUT2D eigenvalue weighted by Gasteiger charge is -2.22. The molecule has 0 aliphatic rings. The summed E-state index contributed by atoms with van der Waals surface area (Å²) in [6.07, 6.45) is 2.42. The van der Waals surface area contributed by atoms with E-state index in [4.69, 9.17) is 0 Å². The van der Waals surface area contributed by atoms with Crippen LogP contribution < -0.4 is 5.19 Å². The maximum absolute atomic E-state index is 4.13. The van der Waals surface area contributed by atoms with Crippen molar-refractivity contribution in [3.63, 3.8) is 0 Å². The summed E-state index contributed by atoms with van der Waals surface area (Å²) < 4.78 is 0. The van der Waals surface area contributed by atoms with Crippen LogP contribution in [0, 0.1) is 0 Å². The number of rotatable bonds is 5. The fraction of sp³-hybridized carbons (Fsp3) is 0.385. The van der Waals surface area contributed by atoms with Gasteiger partial charge in [-0.05, 0) is 12.0 Å². The van der Waals surface area contributed by atoms with Gasteiger partial charge in [-0.25, -0.2) is 0 Å². The van der Waals surface area contributed by atoms with Crippen molar-refractivity contribution in [2.24, 2.45) is 0 Å². The lowest BCUT2D eigenvalue weighted by atomic mass is 10.1. The van der Waals surface area contributed by atoms with E-state index >= 15 is 0 Å². The van der Waals surface area contributed by atoms with Gasteiger partial charge in [-0.3, -0.25) is 0 Å². The average molecular weight is 216 g/mol. The predicted octanol–water partition coefficient (Wildman–Crippen LogP) is 2.18. The van der Waals surface area contributed by atoms with Gasteiger partial charge in [-0.2, -0.15) is 0 Å². The lowest BCUT2D eigenvalue weighted by Crippen LogP contribution is -2.21. The summed E-state index contributed by atoms with van der Waals surface area (Å²) in [7, 11) is 5.69. The first-order valence-corrected chi connectivity index (χ1v) is 5.88. The van der Waals surface area contributed by atoms with Gasteiger partial charge in [0.15, 0.2) is 0 Å². The van der Waals surface area contributed by atoms with Crippen molar-refractivity contribution in [2.75, 3.05) is 13.6 Å². The average Bonchev–Trinajstić information content (AvgIpc) is 2.25. The van der Waals surface area contributed by atoms with Crippen molar-refractivity contribution in [3.8, 4) is 0 Å². The van der Waals surface area contributed by atoms with E-state index in [-0.39, 0.29) is 0 Å². The van der Waals surface area contributed by atoms with E-state index in [2.05, 4.69) is 41.8 Å². The molecular formula is C13H18NSi. The van der Waals surface area contributed by atoms with E-state index in [1.54, 1.807) is 0 Å². The third-order valence-electron chi connectivity index (χ3n) is 2.55. The number of nitrogens with zero attached hydrogens (tertiary/aromatic N) is 1. The first-order chi connectivity index (χ1) is 7.16.